The van der Waals surface area contributed by atoms with Crippen molar-refractivity contribution in [3.05, 3.63) is 65.7 Å². The van der Waals surface area contributed by atoms with Crippen molar-refractivity contribution in [2.24, 2.45) is 0 Å². The van der Waals surface area contributed by atoms with E-state index >= 15 is 0 Å². The van der Waals surface area contributed by atoms with Crippen LogP contribution >= 0.6 is 0 Å². The van der Waals surface area contributed by atoms with E-state index < -0.39 is 9.84 Å². The number of hydrogen-bond donors (Lipinski definition) is 0. The van der Waals surface area contributed by atoms with Gasteiger partial charge in [0.15, 0.2) is 9.84 Å². The number of amides is 1. The maximum absolute atomic E-state index is 12.6. The van der Waals surface area contributed by atoms with Gasteiger partial charge in [-0.1, -0.05) is 48.0 Å². The van der Waals surface area contributed by atoms with Crippen molar-refractivity contribution in [2.75, 3.05) is 12.8 Å². The van der Waals surface area contributed by atoms with E-state index in [1.54, 1.807) is 29.2 Å². The Kier molecular flexibility index (Phi) is 6.55. The van der Waals surface area contributed by atoms with E-state index in [1.807, 2.05) is 20.0 Å². The minimum Gasteiger partial charge on any atom is -0.343 e. The highest BCUT2D eigenvalue weighted by atomic mass is 32.2. The van der Waals surface area contributed by atoms with Crippen LogP contribution in [0.4, 0.5) is 0 Å². The quantitative estimate of drug-likeness (QED) is 0.726. The highest BCUT2D eigenvalue weighted by molar-refractivity contribution is 7.91. The zero-order valence-corrected chi connectivity index (χ0v) is 17.5. The van der Waals surface area contributed by atoms with Gasteiger partial charge in [0.05, 0.1) is 10.6 Å². The largest absolute Gasteiger partial charge is 0.343 e. The zero-order chi connectivity index (χ0) is 20.1. The van der Waals surface area contributed by atoms with Crippen molar-refractivity contribution in [2.45, 2.75) is 55.9 Å². The number of sulfone groups is 1. The van der Waals surface area contributed by atoms with E-state index in [2.05, 4.69) is 24.3 Å². The van der Waals surface area contributed by atoms with Crippen LogP contribution in [0.5, 0.6) is 0 Å². The Balaban J connectivity index is 1.51. The molecular weight excluding hydrogens is 370 g/mol. The maximum Gasteiger partial charge on any atom is 0.223 e. The highest BCUT2D eigenvalue weighted by Crippen LogP contribution is 2.34. The van der Waals surface area contributed by atoms with Crippen LogP contribution in [0.15, 0.2) is 59.5 Å². The first kappa shape index (κ1) is 20.6. The monoisotopic (exact) mass is 399 g/mol. The van der Waals surface area contributed by atoms with Crippen molar-refractivity contribution in [3.8, 4) is 0 Å². The number of nitrogens with zero attached hydrogens (tertiary/aromatic N) is 1. The SMILES string of the molecule is Cc1ccc(S(=O)(=O)CCC(=O)N(C)C2CCC(c3ccccc3)CC2)cc1. The molecule has 1 aliphatic rings. The van der Waals surface area contributed by atoms with Gasteiger partial charge in [-0.2, -0.15) is 0 Å². The molecule has 0 aromatic heterocycles. The number of carbonyl (C=O) groups excluding carboxylic acids is 1. The van der Waals surface area contributed by atoms with Gasteiger partial charge in [-0.15, -0.1) is 0 Å². The lowest BCUT2D eigenvalue weighted by Gasteiger charge is -2.35. The van der Waals surface area contributed by atoms with E-state index in [-0.39, 0.29) is 29.0 Å². The summed E-state index contributed by atoms with van der Waals surface area (Å²) in [4.78, 5) is 14.6. The number of hydrogen-bond acceptors (Lipinski definition) is 3. The van der Waals surface area contributed by atoms with Gasteiger partial charge >= 0.3 is 0 Å². The van der Waals surface area contributed by atoms with Gasteiger partial charge in [0.2, 0.25) is 5.91 Å². The van der Waals surface area contributed by atoms with E-state index in [4.69, 9.17) is 0 Å². The molecule has 1 aliphatic carbocycles. The number of aryl methyl sites for hydroxylation is 1. The van der Waals surface area contributed by atoms with Gasteiger partial charge in [-0.25, -0.2) is 8.42 Å². The Morgan fingerprint density at radius 1 is 0.964 bits per heavy atom. The average Bonchev–Trinajstić information content (AvgIpc) is 2.72. The summed E-state index contributed by atoms with van der Waals surface area (Å²) >= 11 is 0. The molecule has 150 valence electrons. The summed E-state index contributed by atoms with van der Waals surface area (Å²) in [5.41, 5.74) is 2.39. The Morgan fingerprint density at radius 2 is 1.57 bits per heavy atom. The van der Waals surface area contributed by atoms with Crippen LogP contribution < -0.4 is 0 Å². The van der Waals surface area contributed by atoms with E-state index in [1.165, 1.54) is 5.56 Å². The number of benzene rings is 2. The second kappa shape index (κ2) is 8.91. The van der Waals surface area contributed by atoms with Crippen LogP contribution in [-0.4, -0.2) is 38.1 Å². The number of carbonyl (C=O) groups is 1. The van der Waals surface area contributed by atoms with Crippen LogP contribution in [0.2, 0.25) is 0 Å². The van der Waals surface area contributed by atoms with Crippen molar-refractivity contribution in [1.82, 2.24) is 4.90 Å². The molecule has 0 heterocycles. The third kappa shape index (κ3) is 5.02. The van der Waals surface area contributed by atoms with E-state index in [0.717, 1.165) is 31.2 Å². The smallest absolute Gasteiger partial charge is 0.223 e. The molecule has 3 rings (SSSR count). The van der Waals surface area contributed by atoms with Crippen LogP contribution in [0.3, 0.4) is 0 Å². The van der Waals surface area contributed by atoms with Gasteiger partial charge in [-0.05, 0) is 56.2 Å². The molecule has 28 heavy (non-hydrogen) atoms. The minimum absolute atomic E-state index is 0.0331. The van der Waals surface area contributed by atoms with Crippen molar-refractivity contribution in [1.29, 1.82) is 0 Å². The first-order valence-electron chi connectivity index (χ1n) is 9.97. The van der Waals surface area contributed by atoms with Gasteiger partial charge in [0.25, 0.3) is 0 Å². The van der Waals surface area contributed by atoms with Gasteiger partial charge in [0, 0.05) is 19.5 Å². The molecular formula is C23H29NO3S. The number of rotatable bonds is 6. The fourth-order valence-electron chi connectivity index (χ4n) is 3.99. The molecule has 0 radical (unpaired) electrons. The molecule has 0 bridgehead atoms. The van der Waals surface area contributed by atoms with E-state index in [9.17, 15) is 13.2 Å². The van der Waals surface area contributed by atoms with Crippen molar-refractivity contribution in [3.63, 3.8) is 0 Å². The first-order chi connectivity index (χ1) is 13.4. The molecule has 2 aromatic carbocycles. The molecule has 0 atom stereocenters. The third-order valence-corrected chi connectivity index (χ3v) is 7.61. The molecule has 0 unspecified atom stereocenters. The molecule has 1 amide bonds. The summed E-state index contributed by atoms with van der Waals surface area (Å²) in [6.45, 7) is 1.92. The summed E-state index contributed by atoms with van der Waals surface area (Å²) in [6, 6.07) is 17.5. The predicted octanol–water partition coefficient (Wildman–Crippen LogP) is 4.34. The molecule has 0 spiro atoms. The van der Waals surface area contributed by atoms with Crippen LogP contribution in [0, 0.1) is 6.92 Å². The first-order valence-corrected chi connectivity index (χ1v) is 11.6. The maximum atomic E-state index is 12.6. The lowest BCUT2D eigenvalue weighted by molar-refractivity contribution is -0.132. The standard InChI is InChI=1S/C23H29NO3S/c1-18-8-14-22(15-9-18)28(26,27)17-16-23(25)24(2)21-12-10-20(11-13-21)19-6-4-3-5-7-19/h3-9,14-15,20-21H,10-13,16-17H2,1-2H3. The zero-order valence-electron chi connectivity index (χ0n) is 16.7. The summed E-state index contributed by atoms with van der Waals surface area (Å²) in [5, 5.41) is 0. The Morgan fingerprint density at radius 3 is 2.18 bits per heavy atom. The second-order valence-corrected chi connectivity index (χ2v) is 9.91. The molecule has 2 aromatic rings. The minimum atomic E-state index is -3.43. The molecule has 1 saturated carbocycles. The predicted molar refractivity (Wildman–Crippen MR) is 112 cm³/mol. The Hall–Kier alpha value is -2.14. The fraction of sp³-hybridized carbons (Fsp3) is 0.435. The van der Waals surface area contributed by atoms with Crippen LogP contribution in [0.1, 0.15) is 49.1 Å². The molecule has 1 fully saturated rings. The molecule has 4 nitrogen and oxygen atoms in total. The van der Waals surface area contributed by atoms with Crippen LogP contribution in [0.25, 0.3) is 0 Å². The van der Waals surface area contributed by atoms with Gasteiger partial charge in [0.1, 0.15) is 0 Å². The molecule has 0 saturated heterocycles. The molecule has 0 aliphatic heterocycles. The lowest BCUT2D eigenvalue weighted by Crippen LogP contribution is -2.39. The van der Waals surface area contributed by atoms with Gasteiger partial charge in [-0.3, -0.25) is 4.79 Å². The fourth-order valence-corrected chi connectivity index (χ4v) is 5.22. The highest BCUT2D eigenvalue weighted by Gasteiger charge is 2.28. The van der Waals surface area contributed by atoms with Gasteiger partial charge < -0.3 is 4.90 Å². The summed E-state index contributed by atoms with van der Waals surface area (Å²) in [5.74, 6) is 0.334. The second-order valence-electron chi connectivity index (χ2n) is 7.80. The van der Waals surface area contributed by atoms with Crippen molar-refractivity contribution < 1.29 is 13.2 Å². The summed E-state index contributed by atoms with van der Waals surface area (Å²) in [7, 11) is -1.61. The topological polar surface area (TPSA) is 54.5 Å². The third-order valence-electron chi connectivity index (χ3n) is 5.87. The Bertz CT molecular complexity index is 883. The molecule has 0 N–H and O–H groups in total. The Labute approximate surface area is 168 Å². The normalized spacial score (nSPS) is 19.9. The van der Waals surface area contributed by atoms with E-state index in [0.29, 0.717) is 5.92 Å². The van der Waals surface area contributed by atoms with Crippen molar-refractivity contribution >= 4 is 15.7 Å². The summed E-state index contributed by atoms with van der Waals surface area (Å²) < 4.78 is 25.0. The molecule has 5 heteroatoms. The lowest BCUT2D eigenvalue weighted by atomic mass is 9.81. The summed E-state index contributed by atoms with van der Waals surface area (Å²) in [6.07, 6.45) is 4.09. The average molecular weight is 400 g/mol. The van der Waals surface area contributed by atoms with Crippen LogP contribution in [-0.2, 0) is 14.6 Å².